The second-order valence-electron chi connectivity index (χ2n) is 6.72. The van der Waals surface area contributed by atoms with E-state index in [2.05, 4.69) is 36.2 Å². The molecule has 0 aromatic heterocycles. The lowest BCUT2D eigenvalue weighted by Crippen LogP contribution is -2.49. The molecule has 0 amide bonds. The zero-order chi connectivity index (χ0) is 16.0. The Kier molecular flexibility index (Phi) is 3.35. The van der Waals surface area contributed by atoms with Gasteiger partial charge in [-0.25, -0.2) is 4.99 Å². The van der Waals surface area contributed by atoms with Crippen molar-refractivity contribution in [2.45, 2.75) is 13.1 Å². The maximum atomic E-state index is 11.8. The molecule has 23 heavy (non-hydrogen) atoms. The van der Waals surface area contributed by atoms with Crippen molar-refractivity contribution in [3.8, 4) is 0 Å². The van der Waals surface area contributed by atoms with Gasteiger partial charge in [-0.15, -0.1) is 0 Å². The van der Waals surface area contributed by atoms with E-state index >= 15 is 0 Å². The minimum absolute atomic E-state index is 0.0762. The molecule has 0 radical (unpaired) electrons. The first-order chi connectivity index (χ1) is 11.1. The van der Waals surface area contributed by atoms with Crippen LogP contribution in [0.5, 0.6) is 0 Å². The van der Waals surface area contributed by atoms with Crippen molar-refractivity contribution in [1.29, 1.82) is 0 Å². The molecule has 1 aromatic carbocycles. The number of ether oxygens (including phenoxy) is 1. The quantitative estimate of drug-likeness (QED) is 0.587. The highest BCUT2D eigenvalue weighted by Gasteiger charge is 2.38. The van der Waals surface area contributed by atoms with Gasteiger partial charge in [-0.1, -0.05) is 13.1 Å². The van der Waals surface area contributed by atoms with Crippen LogP contribution in [0.15, 0.2) is 46.6 Å². The third kappa shape index (κ3) is 2.40. The van der Waals surface area contributed by atoms with E-state index in [1.807, 2.05) is 6.08 Å². The van der Waals surface area contributed by atoms with Gasteiger partial charge in [0.1, 0.15) is 8.07 Å². The summed E-state index contributed by atoms with van der Waals surface area (Å²) in [5.74, 6) is 0.0762. The van der Waals surface area contributed by atoms with Gasteiger partial charge >= 0.3 is 0 Å². The summed E-state index contributed by atoms with van der Waals surface area (Å²) in [6.07, 6.45) is 5.26. The van der Waals surface area contributed by atoms with Gasteiger partial charge in [0.25, 0.3) is 0 Å². The Morgan fingerprint density at radius 2 is 1.96 bits per heavy atom. The van der Waals surface area contributed by atoms with Crippen LogP contribution >= 0.6 is 0 Å². The van der Waals surface area contributed by atoms with Crippen LogP contribution < -0.4 is 10.1 Å². The Labute approximate surface area is 137 Å². The SMILES string of the molecule is C[Si]1(C)C2=CC(=O)C=CC2=Nc2ccc(N3CCOCC3)cc21. The van der Waals surface area contributed by atoms with Gasteiger partial charge in [-0.2, -0.15) is 0 Å². The van der Waals surface area contributed by atoms with Gasteiger partial charge in [0, 0.05) is 18.8 Å². The highest BCUT2D eigenvalue weighted by molar-refractivity contribution is 7.01. The average Bonchev–Trinajstić information content (AvgIpc) is 2.56. The molecule has 1 saturated heterocycles. The maximum absolute atomic E-state index is 11.8. The summed E-state index contributed by atoms with van der Waals surface area (Å²) < 4.78 is 5.45. The second-order valence-corrected chi connectivity index (χ2v) is 11.0. The Hall–Kier alpha value is -1.98. The van der Waals surface area contributed by atoms with Gasteiger partial charge in [-0.3, -0.25) is 4.79 Å². The van der Waals surface area contributed by atoms with E-state index in [1.165, 1.54) is 10.9 Å². The lowest BCUT2D eigenvalue weighted by Gasteiger charge is -2.35. The zero-order valence-corrected chi connectivity index (χ0v) is 14.5. The molecule has 2 aliphatic heterocycles. The number of hydrogen-bond acceptors (Lipinski definition) is 4. The van der Waals surface area contributed by atoms with Crippen LogP contribution in [0.1, 0.15) is 0 Å². The van der Waals surface area contributed by atoms with Crippen molar-refractivity contribution in [3.63, 3.8) is 0 Å². The predicted octanol–water partition coefficient (Wildman–Crippen LogP) is 2.13. The lowest BCUT2D eigenvalue weighted by atomic mass is 10.1. The summed E-state index contributed by atoms with van der Waals surface area (Å²) in [5, 5.41) is 2.47. The Morgan fingerprint density at radius 1 is 1.17 bits per heavy atom. The largest absolute Gasteiger partial charge is 0.378 e. The van der Waals surface area contributed by atoms with E-state index in [0.717, 1.165) is 42.9 Å². The normalized spacial score (nSPS) is 22.2. The van der Waals surface area contributed by atoms with Crippen LogP contribution in [0, 0.1) is 0 Å². The number of ketones is 1. The lowest BCUT2D eigenvalue weighted by molar-refractivity contribution is -0.110. The molecule has 3 aliphatic rings. The first-order valence-electron chi connectivity index (χ1n) is 8.06. The number of morpholine rings is 1. The van der Waals surface area contributed by atoms with E-state index in [0.29, 0.717) is 0 Å². The highest BCUT2D eigenvalue weighted by Crippen LogP contribution is 2.32. The Morgan fingerprint density at radius 3 is 2.74 bits per heavy atom. The maximum Gasteiger partial charge on any atom is 0.178 e. The van der Waals surface area contributed by atoms with E-state index in [9.17, 15) is 4.79 Å². The second kappa shape index (κ2) is 5.28. The molecule has 2 heterocycles. The van der Waals surface area contributed by atoms with Gasteiger partial charge in [-0.05, 0) is 46.8 Å². The molecule has 4 rings (SSSR count). The molecule has 118 valence electrons. The average molecular weight is 324 g/mol. The van der Waals surface area contributed by atoms with Crippen molar-refractivity contribution in [2.75, 3.05) is 31.2 Å². The van der Waals surface area contributed by atoms with Crippen molar-refractivity contribution in [1.82, 2.24) is 0 Å². The van der Waals surface area contributed by atoms with Crippen molar-refractivity contribution in [2.24, 2.45) is 4.99 Å². The van der Waals surface area contributed by atoms with E-state index in [-0.39, 0.29) is 5.78 Å². The molecule has 5 heteroatoms. The number of nitrogens with zero attached hydrogens (tertiary/aromatic N) is 2. The number of carbonyl (C=O) groups excluding carboxylic acids is 1. The summed E-state index contributed by atoms with van der Waals surface area (Å²) in [6.45, 7) is 8.04. The van der Waals surface area contributed by atoms with Crippen LogP contribution in [0.4, 0.5) is 11.4 Å². The summed E-state index contributed by atoms with van der Waals surface area (Å²) in [4.78, 5) is 19.0. The number of hydrogen-bond donors (Lipinski definition) is 0. The number of aliphatic imine (C=N–C) groups is 1. The molecule has 0 N–H and O–H groups in total. The molecular weight excluding hydrogens is 304 g/mol. The third-order valence-corrected chi connectivity index (χ3v) is 8.41. The molecule has 0 bridgehead atoms. The molecular formula is C18H20N2O2Si. The van der Waals surface area contributed by atoms with Crippen LogP contribution in [-0.4, -0.2) is 45.9 Å². The van der Waals surface area contributed by atoms with Gasteiger partial charge in [0.2, 0.25) is 0 Å². The van der Waals surface area contributed by atoms with Gasteiger partial charge < -0.3 is 9.64 Å². The molecule has 0 saturated carbocycles. The fraction of sp³-hybridized carbons (Fsp3) is 0.333. The molecule has 0 atom stereocenters. The molecule has 1 aliphatic carbocycles. The zero-order valence-electron chi connectivity index (χ0n) is 13.5. The number of rotatable bonds is 1. The fourth-order valence-corrected chi connectivity index (χ4v) is 6.39. The minimum Gasteiger partial charge on any atom is -0.378 e. The van der Waals surface area contributed by atoms with Crippen LogP contribution in [0.2, 0.25) is 13.1 Å². The third-order valence-electron chi connectivity index (χ3n) is 4.91. The number of carbonyl (C=O) groups is 1. The van der Waals surface area contributed by atoms with E-state index in [4.69, 9.17) is 9.73 Å². The Bertz CT molecular complexity index is 771. The van der Waals surface area contributed by atoms with Crippen molar-refractivity contribution in [3.05, 3.63) is 41.6 Å². The molecule has 4 nitrogen and oxygen atoms in total. The van der Waals surface area contributed by atoms with E-state index in [1.54, 1.807) is 12.2 Å². The number of fused-ring (bicyclic) bond motifs is 2. The van der Waals surface area contributed by atoms with E-state index < -0.39 is 8.07 Å². The first kappa shape index (κ1) is 14.6. The fourth-order valence-electron chi connectivity index (χ4n) is 3.53. The monoisotopic (exact) mass is 324 g/mol. The van der Waals surface area contributed by atoms with Crippen LogP contribution in [0.3, 0.4) is 0 Å². The smallest absolute Gasteiger partial charge is 0.178 e. The molecule has 1 fully saturated rings. The standard InChI is InChI=1S/C18H20N2O2Si/c1-23(2)17-11-13(20-7-9-22-10-8-20)3-5-15(17)19-16-6-4-14(21)12-18(16)23/h3-6,11-12H,7-10H2,1-2H3. The summed E-state index contributed by atoms with van der Waals surface area (Å²) >= 11 is 0. The number of benzene rings is 1. The summed E-state index contributed by atoms with van der Waals surface area (Å²) in [7, 11) is -1.91. The minimum atomic E-state index is -1.91. The first-order valence-corrected chi connectivity index (χ1v) is 11.1. The summed E-state index contributed by atoms with van der Waals surface area (Å²) in [6, 6.07) is 6.57. The molecule has 1 aromatic rings. The van der Waals surface area contributed by atoms with Crippen molar-refractivity contribution >= 4 is 36.1 Å². The highest BCUT2D eigenvalue weighted by atomic mass is 28.3. The van der Waals surface area contributed by atoms with Crippen LogP contribution in [0.25, 0.3) is 0 Å². The van der Waals surface area contributed by atoms with Gasteiger partial charge in [0.05, 0.1) is 24.6 Å². The topological polar surface area (TPSA) is 41.9 Å². The Balaban J connectivity index is 1.81. The molecule has 0 unspecified atom stereocenters. The number of allylic oxidation sites excluding steroid dienone is 4. The van der Waals surface area contributed by atoms with Gasteiger partial charge in [0.15, 0.2) is 5.78 Å². The predicted molar refractivity (Wildman–Crippen MR) is 95.9 cm³/mol. The van der Waals surface area contributed by atoms with Crippen molar-refractivity contribution < 1.29 is 9.53 Å². The molecule has 0 spiro atoms. The summed E-state index contributed by atoms with van der Waals surface area (Å²) in [5.41, 5.74) is 3.27. The number of anilines is 1. The van der Waals surface area contributed by atoms with Crippen LogP contribution in [-0.2, 0) is 9.53 Å².